The highest BCUT2D eigenvalue weighted by atomic mass is 127. The summed E-state index contributed by atoms with van der Waals surface area (Å²) in [5.74, 6) is 2.11. The van der Waals surface area contributed by atoms with E-state index >= 15 is 0 Å². The zero-order valence-electron chi connectivity index (χ0n) is 11.8. The first-order valence-electron chi connectivity index (χ1n) is 6.82. The molecule has 108 valence electrons. The van der Waals surface area contributed by atoms with Gasteiger partial charge in [0.2, 0.25) is 0 Å². The molecule has 1 fully saturated rings. The van der Waals surface area contributed by atoms with Gasteiger partial charge in [-0.3, -0.25) is 4.99 Å². The zero-order chi connectivity index (χ0) is 12.8. The van der Waals surface area contributed by atoms with E-state index in [2.05, 4.69) is 26.7 Å². The molecule has 0 saturated carbocycles. The highest BCUT2D eigenvalue weighted by molar-refractivity contribution is 14.0. The average molecular weight is 377 g/mol. The monoisotopic (exact) mass is 377 g/mol. The summed E-state index contributed by atoms with van der Waals surface area (Å²) < 4.78 is 2.14. The minimum absolute atomic E-state index is 0. The Balaban J connectivity index is 0.00000180. The number of nitrogens with one attached hydrogen (secondary N) is 1. The van der Waals surface area contributed by atoms with Crippen molar-refractivity contribution in [1.82, 2.24) is 19.8 Å². The number of aliphatic imine (C=N–C) groups is 1. The summed E-state index contributed by atoms with van der Waals surface area (Å²) in [6, 6.07) is 0. The van der Waals surface area contributed by atoms with Crippen molar-refractivity contribution in [3.63, 3.8) is 0 Å². The van der Waals surface area contributed by atoms with Crippen molar-refractivity contribution >= 4 is 29.9 Å². The van der Waals surface area contributed by atoms with Crippen LogP contribution in [-0.4, -0.2) is 46.6 Å². The molecule has 1 saturated heterocycles. The summed E-state index contributed by atoms with van der Waals surface area (Å²) >= 11 is 0. The van der Waals surface area contributed by atoms with E-state index in [-0.39, 0.29) is 24.0 Å². The van der Waals surface area contributed by atoms with Crippen LogP contribution in [0.3, 0.4) is 0 Å². The van der Waals surface area contributed by atoms with E-state index in [1.54, 1.807) is 0 Å². The van der Waals surface area contributed by atoms with Crippen molar-refractivity contribution in [2.24, 2.45) is 4.99 Å². The van der Waals surface area contributed by atoms with Crippen LogP contribution in [0.15, 0.2) is 17.4 Å². The summed E-state index contributed by atoms with van der Waals surface area (Å²) in [4.78, 5) is 11.3. The lowest BCUT2D eigenvalue weighted by Gasteiger charge is -2.20. The molecule has 1 N–H and O–H groups in total. The van der Waals surface area contributed by atoms with Crippen LogP contribution < -0.4 is 5.32 Å². The molecule has 0 bridgehead atoms. The van der Waals surface area contributed by atoms with Gasteiger partial charge in [0, 0.05) is 38.6 Å². The molecule has 0 unspecified atom stereocenters. The van der Waals surface area contributed by atoms with Gasteiger partial charge in [-0.05, 0) is 26.7 Å². The molecule has 1 aromatic rings. The number of guanidine groups is 1. The first kappa shape index (κ1) is 16.3. The molecule has 19 heavy (non-hydrogen) atoms. The predicted molar refractivity (Wildman–Crippen MR) is 89.2 cm³/mol. The van der Waals surface area contributed by atoms with E-state index in [4.69, 9.17) is 4.99 Å². The number of halogens is 1. The molecule has 1 aliphatic heterocycles. The molecule has 1 aliphatic rings. The molecule has 0 atom stereocenters. The van der Waals surface area contributed by atoms with E-state index in [1.165, 1.54) is 12.8 Å². The second-order valence-electron chi connectivity index (χ2n) is 4.60. The molecule has 1 aromatic heterocycles. The van der Waals surface area contributed by atoms with Crippen LogP contribution >= 0.6 is 24.0 Å². The standard InChI is InChI=1S/C13H23N5.HI/c1-3-14-13(18-8-4-5-9-18)16-7-11-17-10-6-15-12(17)2;/h6,10H,3-5,7-9,11H2,1-2H3,(H,14,16);1H. The lowest BCUT2D eigenvalue weighted by Crippen LogP contribution is -2.39. The Morgan fingerprint density at radius 3 is 2.74 bits per heavy atom. The number of nitrogens with zero attached hydrogens (tertiary/aromatic N) is 4. The second-order valence-corrected chi connectivity index (χ2v) is 4.60. The Labute approximate surface area is 132 Å². The number of aromatic nitrogens is 2. The van der Waals surface area contributed by atoms with E-state index in [9.17, 15) is 0 Å². The van der Waals surface area contributed by atoms with Gasteiger partial charge in [-0.2, -0.15) is 0 Å². The van der Waals surface area contributed by atoms with Crippen molar-refractivity contribution in [2.75, 3.05) is 26.2 Å². The van der Waals surface area contributed by atoms with Crippen LogP contribution in [0.2, 0.25) is 0 Å². The number of likely N-dealkylation sites (tertiary alicyclic amines) is 1. The number of aryl methyl sites for hydroxylation is 1. The molecule has 0 aromatic carbocycles. The van der Waals surface area contributed by atoms with Crippen LogP contribution in [0.1, 0.15) is 25.6 Å². The van der Waals surface area contributed by atoms with Crippen LogP contribution in [0, 0.1) is 6.92 Å². The molecule has 0 aliphatic carbocycles. The van der Waals surface area contributed by atoms with Crippen LogP contribution in [0.5, 0.6) is 0 Å². The fraction of sp³-hybridized carbons (Fsp3) is 0.692. The lowest BCUT2D eigenvalue weighted by atomic mass is 10.4. The quantitative estimate of drug-likeness (QED) is 0.495. The van der Waals surface area contributed by atoms with Gasteiger partial charge < -0.3 is 14.8 Å². The van der Waals surface area contributed by atoms with Gasteiger partial charge in [-0.1, -0.05) is 0 Å². The Kier molecular flexibility index (Phi) is 7.19. The van der Waals surface area contributed by atoms with Crippen molar-refractivity contribution in [1.29, 1.82) is 0 Å². The normalized spacial score (nSPS) is 15.5. The third kappa shape index (κ3) is 4.67. The van der Waals surface area contributed by atoms with E-state index in [0.29, 0.717) is 0 Å². The van der Waals surface area contributed by atoms with Gasteiger partial charge in [0.05, 0.1) is 6.54 Å². The molecule has 6 heteroatoms. The SMILES string of the molecule is CCNC(=NCCn1ccnc1C)N1CCCC1.I. The third-order valence-electron chi connectivity index (χ3n) is 3.27. The molecule has 0 amide bonds. The van der Waals surface area contributed by atoms with Gasteiger partial charge in [0.1, 0.15) is 5.82 Å². The lowest BCUT2D eigenvalue weighted by molar-refractivity contribution is 0.492. The molecule has 2 heterocycles. The second kappa shape index (κ2) is 8.39. The van der Waals surface area contributed by atoms with Crippen LogP contribution in [-0.2, 0) is 6.54 Å². The maximum absolute atomic E-state index is 4.69. The molecule has 2 rings (SSSR count). The fourth-order valence-corrected chi connectivity index (χ4v) is 2.26. The number of imidazole rings is 1. The summed E-state index contributed by atoms with van der Waals surface area (Å²) in [7, 11) is 0. The largest absolute Gasteiger partial charge is 0.357 e. The van der Waals surface area contributed by atoms with Crippen molar-refractivity contribution in [3.8, 4) is 0 Å². The molecular formula is C13H24IN5. The Morgan fingerprint density at radius 2 is 2.16 bits per heavy atom. The summed E-state index contributed by atoms with van der Waals surface area (Å²) in [6.45, 7) is 9.04. The van der Waals surface area contributed by atoms with Crippen molar-refractivity contribution < 1.29 is 0 Å². The number of hydrogen-bond donors (Lipinski definition) is 1. The Morgan fingerprint density at radius 1 is 1.42 bits per heavy atom. The van der Waals surface area contributed by atoms with Gasteiger partial charge in [0.25, 0.3) is 0 Å². The maximum Gasteiger partial charge on any atom is 0.193 e. The molecule has 5 nitrogen and oxygen atoms in total. The fourth-order valence-electron chi connectivity index (χ4n) is 2.26. The smallest absolute Gasteiger partial charge is 0.193 e. The first-order valence-corrected chi connectivity index (χ1v) is 6.82. The van der Waals surface area contributed by atoms with Gasteiger partial charge in [-0.15, -0.1) is 24.0 Å². The number of hydrogen-bond acceptors (Lipinski definition) is 2. The van der Waals surface area contributed by atoms with Gasteiger partial charge in [0.15, 0.2) is 5.96 Å². The maximum atomic E-state index is 4.69. The predicted octanol–water partition coefficient (Wildman–Crippen LogP) is 1.87. The summed E-state index contributed by atoms with van der Waals surface area (Å²) in [5, 5.41) is 3.37. The highest BCUT2D eigenvalue weighted by Crippen LogP contribution is 2.07. The highest BCUT2D eigenvalue weighted by Gasteiger charge is 2.15. The Bertz CT molecular complexity index is 395. The zero-order valence-corrected chi connectivity index (χ0v) is 14.1. The third-order valence-corrected chi connectivity index (χ3v) is 3.27. The number of rotatable bonds is 4. The Hall–Kier alpha value is -0.790. The van der Waals surface area contributed by atoms with Crippen molar-refractivity contribution in [3.05, 3.63) is 18.2 Å². The van der Waals surface area contributed by atoms with E-state index < -0.39 is 0 Å². The topological polar surface area (TPSA) is 45.5 Å². The van der Waals surface area contributed by atoms with Gasteiger partial charge >= 0.3 is 0 Å². The molecular weight excluding hydrogens is 353 g/mol. The molecule has 0 spiro atoms. The van der Waals surface area contributed by atoms with Crippen molar-refractivity contribution in [2.45, 2.75) is 33.2 Å². The minimum atomic E-state index is 0. The van der Waals surface area contributed by atoms with Crippen LogP contribution in [0.4, 0.5) is 0 Å². The van der Waals surface area contributed by atoms with E-state index in [0.717, 1.165) is 44.5 Å². The first-order chi connectivity index (χ1) is 8.81. The molecule has 0 radical (unpaired) electrons. The average Bonchev–Trinajstić information content (AvgIpc) is 3.00. The van der Waals surface area contributed by atoms with Gasteiger partial charge in [-0.25, -0.2) is 4.98 Å². The minimum Gasteiger partial charge on any atom is -0.357 e. The summed E-state index contributed by atoms with van der Waals surface area (Å²) in [6.07, 6.45) is 6.41. The van der Waals surface area contributed by atoms with E-state index in [1.807, 2.05) is 19.3 Å². The summed E-state index contributed by atoms with van der Waals surface area (Å²) in [5.41, 5.74) is 0. The van der Waals surface area contributed by atoms with Crippen LogP contribution in [0.25, 0.3) is 0 Å².